The highest BCUT2D eigenvalue weighted by Gasteiger charge is 2.14. The molecule has 2 heterocycles. The lowest BCUT2D eigenvalue weighted by Crippen LogP contribution is -2.15. The molecule has 0 bridgehead atoms. The maximum atomic E-state index is 10.7. The molecule has 1 aromatic heterocycles. The molecule has 0 spiro atoms. The van der Waals surface area contributed by atoms with Crippen molar-refractivity contribution >= 4 is 5.97 Å². The summed E-state index contributed by atoms with van der Waals surface area (Å²) in [5, 5.41) is 8.75. The monoisotopic (exact) mass is 261 g/mol. The van der Waals surface area contributed by atoms with E-state index < -0.39 is 5.97 Å². The SMILES string of the molecule is O=C(O)c1cnc(Cc2ccc3c(c2)OCCO3)o1. The van der Waals surface area contributed by atoms with E-state index in [0.717, 1.165) is 5.56 Å². The molecule has 0 atom stereocenters. The molecule has 0 aliphatic carbocycles. The third-order valence-electron chi connectivity index (χ3n) is 2.73. The van der Waals surface area contributed by atoms with Gasteiger partial charge in [0.2, 0.25) is 5.76 Å². The Morgan fingerprint density at radius 1 is 1.26 bits per heavy atom. The summed E-state index contributed by atoms with van der Waals surface area (Å²) in [6, 6.07) is 5.54. The molecule has 1 aromatic carbocycles. The van der Waals surface area contributed by atoms with Gasteiger partial charge in [-0.25, -0.2) is 9.78 Å². The van der Waals surface area contributed by atoms with Gasteiger partial charge in [0.25, 0.3) is 0 Å². The van der Waals surface area contributed by atoms with Gasteiger partial charge in [0, 0.05) is 6.42 Å². The molecular weight excluding hydrogens is 250 g/mol. The van der Waals surface area contributed by atoms with Crippen LogP contribution in [-0.4, -0.2) is 29.3 Å². The van der Waals surface area contributed by atoms with Crippen LogP contribution in [0.1, 0.15) is 22.0 Å². The number of rotatable bonds is 3. The minimum absolute atomic E-state index is 0.160. The van der Waals surface area contributed by atoms with Crippen LogP contribution in [0, 0.1) is 0 Å². The Morgan fingerprint density at radius 2 is 2.05 bits per heavy atom. The number of carbonyl (C=O) groups is 1. The van der Waals surface area contributed by atoms with Crippen LogP contribution in [0.15, 0.2) is 28.8 Å². The highest BCUT2D eigenvalue weighted by atomic mass is 16.6. The first-order chi connectivity index (χ1) is 9.22. The van der Waals surface area contributed by atoms with E-state index in [9.17, 15) is 4.79 Å². The summed E-state index contributed by atoms with van der Waals surface area (Å²) in [6.45, 7) is 1.08. The van der Waals surface area contributed by atoms with Crippen molar-refractivity contribution in [2.45, 2.75) is 6.42 Å². The largest absolute Gasteiger partial charge is 0.486 e. The van der Waals surface area contributed by atoms with Crippen molar-refractivity contribution in [3.8, 4) is 11.5 Å². The molecule has 0 unspecified atom stereocenters. The highest BCUT2D eigenvalue weighted by Crippen LogP contribution is 2.31. The van der Waals surface area contributed by atoms with Crippen LogP contribution in [0.3, 0.4) is 0 Å². The molecule has 3 rings (SSSR count). The summed E-state index contributed by atoms with van der Waals surface area (Å²) >= 11 is 0. The molecule has 0 amide bonds. The molecule has 0 radical (unpaired) electrons. The van der Waals surface area contributed by atoms with Gasteiger partial charge in [-0.05, 0) is 17.7 Å². The van der Waals surface area contributed by atoms with Crippen molar-refractivity contribution in [3.05, 3.63) is 41.6 Å². The van der Waals surface area contributed by atoms with Crippen LogP contribution in [0.5, 0.6) is 11.5 Å². The summed E-state index contributed by atoms with van der Waals surface area (Å²) in [7, 11) is 0. The Hall–Kier alpha value is -2.50. The first-order valence-corrected chi connectivity index (χ1v) is 5.79. The van der Waals surface area contributed by atoms with E-state index >= 15 is 0 Å². The van der Waals surface area contributed by atoms with Crippen LogP contribution in [0.25, 0.3) is 0 Å². The smallest absolute Gasteiger partial charge is 0.373 e. The van der Waals surface area contributed by atoms with Gasteiger partial charge in [0.15, 0.2) is 17.4 Å². The van der Waals surface area contributed by atoms with Gasteiger partial charge in [-0.2, -0.15) is 0 Å². The van der Waals surface area contributed by atoms with Crippen LogP contribution < -0.4 is 9.47 Å². The van der Waals surface area contributed by atoms with E-state index in [0.29, 0.717) is 37.0 Å². The number of carboxylic acid groups (broad SMARTS) is 1. The molecular formula is C13H11NO5. The number of aromatic nitrogens is 1. The maximum Gasteiger partial charge on any atom is 0.373 e. The second kappa shape index (κ2) is 4.64. The van der Waals surface area contributed by atoms with Crippen molar-refractivity contribution in [2.24, 2.45) is 0 Å². The predicted octanol–water partition coefficient (Wildman–Crippen LogP) is 1.73. The standard InChI is InChI=1S/C13H11NO5/c15-13(16)11-7-14-12(19-11)6-8-1-2-9-10(5-8)18-4-3-17-9/h1-2,5,7H,3-4,6H2,(H,15,16). The molecule has 98 valence electrons. The molecule has 0 saturated heterocycles. The minimum Gasteiger partial charge on any atom is -0.486 e. The topological polar surface area (TPSA) is 81.8 Å². The quantitative estimate of drug-likeness (QED) is 0.906. The van der Waals surface area contributed by atoms with Crippen LogP contribution >= 0.6 is 0 Å². The molecule has 19 heavy (non-hydrogen) atoms. The number of aromatic carboxylic acids is 1. The molecule has 6 nitrogen and oxygen atoms in total. The van der Waals surface area contributed by atoms with Gasteiger partial charge in [0.05, 0.1) is 6.20 Å². The summed E-state index contributed by atoms with van der Waals surface area (Å²) < 4.78 is 16.0. The van der Waals surface area contributed by atoms with E-state index in [1.54, 1.807) is 0 Å². The number of hydrogen-bond acceptors (Lipinski definition) is 5. The van der Waals surface area contributed by atoms with Crippen LogP contribution in [0.2, 0.25) is 0 Å². The molecule has 0 fully saturated rings. The van der Waals surface area contributed by atoms with Gasteiger partial charge in [-0.3, -0.25) is 0 Å². The zero-order chi connectivity index (χ0) is 13.2. The Kier molecular flexibility index (Phi) is 2.83. The number of benzene rings is 1. The second-order valence-corrected chi connectivity index (χ2v) is 4.08. The van der Waals surface area contributed by atoms with Crippen molar-refractivity contribution in [3.63, 3.8) is 0 Å². The third kappa shape index (κ3) is 2.37. The summed E-state index contributed by atoms with van der Waals surface area (Å²) in [5.74, 6) is 0.477. The first kappa shape index (κ1) is 11.6. The Labute approximate surface area is 108 Å². The number of ether oxygens (including phenoxy) is 2. The van der Waals surface area contributed by atoms with E-state index in [1.807, 2.05) is 18.2 Å². The van der Waals surface area contributed by atoms with E-state index in [4.69, 9.17) is 19.0 Å². The van der Waals surface area contributed by atoms with E-state index in [2.05, 4.69) is 4.98 Å². The number of carboxylic acids is 1. The minimum atomic E-state index is -1.12. The molecule has 2 aromatic rings. The van der Waals surface area contributed by atoms with Gasteiger partial charge >= 0.3 is 5.97 Å². The number of nitrogens with zero attached hydrogens (tertiary/aromatic N) is 1. The molecule has 1 aliphatic rings. The molecule has 1 N–H and O–H groups in total. The summed E-state index contributed by atoms with van der Waals surface area (Å²) in [5.41, 5.74) is 0.919. The van der Waals surface area contributed by atoms with E-state index in [-0.39, 0.29) is 5.76 Å². The van der Waals surface area contributed by atoms with Crippen molar-refractivity contribution < 1.29 is 23.8 Å². The zero-order valence-electron chi connectivity index (χ0n) is 9.96. The highest BCUT2D eigenvalue weighted by molar-refractivity contribution is 5.83. The van der Waals surface area contributed by atoms with Gasteiger partial charge in [0.1, 0.15) is 13.2 Å². The Morgan fingerprint density at radius 3 is 2.79 bits per heavy atom. The predicted molar refractivity (Wildman–Crippen MR) is 63.7 cm³/mol. The van der Waals surface area contributed by atoms with Gasteiger partial charge in [-0.1, -0.05) is 6.07 Å². The van der Waals surface area contributed by atoms with Crippen molar-refractivity contribution in [2.75, 3.05) is 13.2 Å². The normalized spacial score (nSPS) is 13.3. The fourth-order valence-corrected chi connectivity index (χ4v) is 1.86. The van der Waals surface area contributed by atoms with Crippen molar-refractivity contribution in [1.82, 2.24) is 4.98 Å². The van der Waals surface area contributed by atoms with Crippen LogP contribution in [0.4, 0.5) is 0 Å². The molecule has 0 saturated carbocycles. The average Bonchev–Trinajstić information content (AvgIpc) is 2.87. The second-order valence-electron chi connectivity index (χ2n) is 4.08. The van der Waals surface area contributed by atoms with Gasteiger partial charge in [-0.15, -0.1) is 0 Å². The van der Waals surface area contributed by atoms with Gasteiger partial charge < -0.3 is 19.0 Å². The maximum absolute atomic E-state index is 10.7. The lowest BCUT2D eigenvalue weighted by atomic mass is 10.1. The zero-order valence-corrected chi connectivity index (χ0v) is 9.96. The summed E-state index contributed by atoms with van der Waals surface area (Å²) in [4.78, 5) is 14.6. The average molecular weight is 261 g/mol. The lowest BCUT2D eigenvalue weighted by molar-refractivity contribution is 0.0660. The first-order valence-electron chi connectivity index (χ1n) is 5.79. The Bertz CT molecular complexity index is 619. The number of fused-ring (bicyclic) bond motifs is 1. The number of hydrogen-bond donors (Lipinski definition) is 1. The third-order valence-corrected chi connectivity index (χ3v) is 2.73. The number of oxazole rings is 1. The Balaban J connectivity index is 1.80. The van der Waals surface area contributed by atoms with Crippen molar-refractivity contribution in [1.29, 1.82) is 0 Å². The fourth-order valence-electron chi connectivity index (χ4n) is 1.86. The fraction of sp³-hybridized carbons (Fsp3) is 0.231. The summed E-state index contributed by atoms with van der Waals surface area (Å²) in [6.07, 6.45) is 1.61. The van der Waals surface area contributed by atoms with E-state index in [1.165, 1.54) is 6.20 Å². The molecule has 6 heteroatoms. The van der Waals surface area contributed by atoms with Crippen LogP contribution in [-0.2, 0) is 6.42 Å². The lowest BCUT2D eigenvalue weighted by Gasteiger charge is -2.18. The molecule has 1 aliphatic heterocycles.